The molecule has 1 aliphatic heterocycles. The van der Waals surface area contributed by atoms with Gasteiger partial charge in [-0.25, -0.2) is 0 Å². The Morgan fingerprint density at radius 2 is 2.38 bits per heavy atom. The maximum Gasteiger partial charge on any atom is 0.161 e. The summed E-state index contributed by atoms with van der Waals surface area (Å²) in [5, 5.41) is 0. The number of hydrogen-bond acceptors (Lipinski definition) is 2. The number of hydrogen-bond donors (Lipinski definition) is 0. The van der Waals surface area contributed by atoms with E-state index in [0.717, 1.165) is 25.9 Å². The van der Waals surface area contributed by atoms with E-state index < -0.39 is 0 Å². The number of carbonyl (C=O) groups is 1. The molecular weight excluding hydrogens is 164 g/mol. The smallest absolute Gasteiger partial charge is 0.161 e. The van der Waals surface area contributed by atoms with Gasteiger partial charge in [0.2, 0.25) is 0 Å². The molecule has 1 saturated heterocycles. The SMILES string of the molecule is CCCC(C)CC(=O)C1CCCO1. The van der Waals surface area contributed by atoms with Crippen molar-refractivity contribution in [3.8, 4) is 0 Å². The van der Waals surface area contributed by atoms with Gasteiger partial charge in [-0.1, -0.05) is 26.7 Å². The molecule has 1 aliphatic rings. The van der Waals surface area contributed by atoms with Crippen LogP contribution in [-0.2, 0) is 9.53 Å². The van der Waals surface area contributed by atoms with Crippen LogP contribution in [0, 0.1) is 5.92 Å². The average molecular weight is 184 g/mol. The third-order valence-electron chi connectivity index (χ3n) is 2.62. The highest BCUT2D eigenvalue weighted by molar-refractivity contribution is 5.83. The van der Waals surface area contributed by atoms with Crippen LogP contribution in [0.5, 0.6) is 0 Å². The summed E-state index contributed by atoms with van der Waals surface area (Å²) in [4.78, 5) is 11.6. The number of rotatable bonds is 5. The van der Waals surface area contributed by atoms with Gasteiger partial charge in [-0.05, 0) is 18.8 Å². The minimum Gasteiger partial charge on any atom is -0.370 e. The molecule has 0 radical (unpaired) electrons. The lowest BCUT2D eigenvalue weighted by atomic mass is 9.96. The molecule has 0 spiro atoms. The standard InChI is InChI=1S/C11H20O2/c1-3-5-9(2)8-10(12)11-6-4-7-13-11/h9,11H,3-8H2,1-2H3. The second kappa shape index (κ2) is 5.38. The molecule has 1 heterocycles. The molecule has 0 N–H and O–H groups in total. The molecule has 2 heteroatoms. The van der Waals surface area contributed by atoms with E-state index in [9.17, 15) is 4.79 Å². The van der Waals surface area contributed by atoms with Gasteiger partial charge in [-0.2, -0.15) is 0 Å². The molecule has 0 aromatic carbocycles. The molecule has 1 fully saturated rings. The fraction of sp³-hybridized carbons (Fsp3) is 0.909. The molecule has 0 aromatic heterocycles. The molecule has 0 amide bonds. The Hall–Kier alpha value is -0.370. The van der Waals surface area contributed by atoms with E-state index in [0.29, 0.717) is 18.1 Å². The van der Waals surface area contributed by atoms with Crippen LogP contribution in [0.3, 0.4) is 0 Å². The lowest BCUT2D eigenvalue weighted by Crippen LogP contribution is -2.21. The highest BCUT2D eigenvalue weighted by Gasteiger charge is 2.24. The molecule has 0 bridgehead atoms. The zero-order valence-electron chi connectivity index (χ0n) is 8.71. The normalized spacial score (nSPS) is 24.6. The Kier molecular flexibility index (Phi) is 4.43. The Morgan fingerprint density at radius 3 is 2.92 bits per heavy atom. The molecule has 0 aromatic rings. The largest absolute Gasteiger partial charge is 0.370 e. The quantitative estimate of drug-likeness (QED) is 0.656. The first-order valence-electron chi connectivity index (χ1n) is 5.38. The summed E-state index contributed by atoms with van der Waals surface area (Å²) >= 11 is 0. The van der Waals surface area contributed by atoms with Gasteiger partial charge in [0, 0.05) is 13.0 Å². The van der Waals surface area contributed by atoms with E-state index in [1.165, 1.54) is 6.42 Å². The first kappa shape index (κ1) is 10.7. The molecule has 76 valence electrons. The van der Waals surface area contributed by atoms with Crippen LogP contribution in [-0.4, -0.2) is 18.5 Å². The molecular formula is C11H20O2. The van der Waals surface area contributed by atoms with Crippen molar-refractivity contribution in [1.82, 2.24) is 0 Å². The first-order chi connectivity index (χ1) is 6.24. The second-order valence-corrected chi connectivity index (χ2v) is 4.07. The summed E-state index contributed by atoms with van der Waals surface area (Å²) in [5.74, 6) is 0.847. The van der Waals surface area contributed by atoms with Crippen LogP contribution in [0.4, 0.5) is 0 Å². The Labute approximate surface area is 80.7 Å². The first-order valence-corrected chi connectivity index (χ1v) is 5.38. The fourth-order valence-corrected chi connectivity index (χ4v) is 1.90. The third kappa shape index (κ3) is 3.47. The topological polar surface area (TPSA) is 26.3 Å². The molecule has 13 heavy (non-hydrogen) atoms. The van der Waals surface area contributed by atoms with Gasteiger partial charge in [-0.15, -0.1) is 0 Å². The predicted molar refractivity (Wildman–Crippen MR) is 52.7 cm³/mol. The van der Waals surface area contributed by atoms with Crippen molar-refractivity contribution >= 4 is 5.78 Å². The summed E-state index contributed by atoms with van der Waals surface area (Å²) in [7, 11) is 0. The summed E-state index contributed by atoms with van der Waals surface area (Å²) in [6.45, 7) is 5.09. The van der Waals surface area contributed by atoms with E-state index in [4.69, 9.17) is 4.74 Å². The Morgan fingerprint density at radius 1 is 1.62 bits per heavy atom. The summed E-state index contributed by atoms with van der Waals surface area (Å²) in [6.07, 6.45) is 4.95. The minimum absolute atomic E-state index is 0.0701. The Balaban J connectivity index is 2.23. The number of carbonyl (C=O) groups excluding carboxylic acids is 1. The van der Waals surface area contributed by atoms with Crippen molar-refractivity contribution in [2.45, 2.75) is 52.1 Å². The zero-order valence-corrected chi connectivity index (χ0v) is 8.71. The van der Waals surface area contributed by atoms with E-state index in [1.54, 1.807) is 0 Å². The van der Waals surface area contributed by atoms with E-state index in [2.05, 4.69) is 13.8 Å². The van der Waals surface area contributed by atoms with Crippen molar-refractivity contribution in [1.29, 1.82) is 0 Å². The number of ketones is 1. The Bertz CT molecular complexity index is 159. The highest BCUT2D eigenvalue weighted by Crippen LogP contribution is 2.18. The maximum absolute atomic E-state index is 11.6. The lowest BCUT2D eigenvalue weighted by Gasteiger charge is -2.12. The molecule has 0 saturated carbocycles. The lowest BCUT2D eigenvalue weighted by molar-refractivity contribution is -0.128. The highest BCUT2D eigenvalue weighted by atomic mass is 16.5. The van der Waals surface area contributed by atoms with Crippen molar-refractivity contribution < 1.29 is 9.53 Å². The molecule has 2 atom stereocenters. The fourth-order valence-electron chi connectivity index (χ4n) is 1.90. The van der Waals surface area contributed by atoms with Crippen LogP contribution in [0.1, 0.15) is 46.0 Å². The van der Waals surface area contributed by atoms with Gasteiger partial charge in [0.1, 0.15) is 6.10 Å². The van der Waals surface area contributed by atoms with Crippen LogP contribution in [0.15, 0.2) is 0 Å². The van der Waals surface area contributed by atoms with Crippen LogP contribution in [0.25, 0.3) is 0 Å². The summed E-state index contributed by atoms with van der Waals surface area (Å²) in [6, 6.07) is 0. The summed E-state index contributed by atoms with van der Waals surface area (Å²) < 4.78 is 5.34. The van der Waals surface area contributed by atoms with Crippen LogP contribution >= 0.6 is 0 Å². The van der Waals surface area contributed by atoms with Gasteiger partial charge in [0.15, 0.2) is 5.78 Å². The second-order valence-electron chi connectivity index (χ2n) is 4.07. The monoisotopic (exact) mass is 184 g/mol. The van der Waals surface area contributed by atoms with Gasteiger partial charge in [0.05, 0.1) is 0 Å². The molecule has 2 unspecified atom stereocenters. The molecule has 2 nitrogen and oxygen atoms in total. The van der Waals surface area contributed by atoms with Crippen molar-refractivity contribution in [3.05, 3.63) is 0 Å². The summed E-state index contributed by atoms with van der Waals surface area (Å²) in [5.41, 5.74) is 0. The van der Waals surface area contributed by atoms with Gasteiger partial charge < -0.3 is 4.74 Å². The molecule has 0 aliphatic carbocycles. The van der Waals surface area contributed by atoms with Crippen LogP contribution < -0.4 is 0 Å². The average Bonchev–Trinajstić information content (AvgIpc) is 2.55. The van der Waals surface area contributed by atoms with Crippen molar-refractivity contribution in [2.24, 2.45) is 5.92 Å². The number of ether oxygens (including phenoxy) is 1. The maximum atomic E-state index is 11.6. The van der Waals surface area contributed by atoms with Crippen molar-refractivity contribution in [2.75, 3.05) is 6.61 Å². The number of Topliss-reactive ketones (excluding diaryl/α,β-unsaturated/α-hetero) is 1. The van der Waals surface area contributed by atoms with E-state index in [-0.39, 0.29) is 6.10 Å². The van der Waals surface area contributed by atoms with Gasteiger partial charge in [-0.3, -0.25) is 4.79 Å². The van der Waals surface area contributed by atoms with Crippen LogP contribution in [0.2, 0.25) is 0 Å². The van der Waals surface area contributed by atoms with Gasteiger partial charge >= 0.3 is 0 Å². The minimum atomic E-state index is -0.0701. The van der Waals surface area contributed by atoms with Gasteiger partial charge in [0.25, 0.3) is 0 Å². The van der Waals surface area contributed by atoms with E-state index in [1.807, 2.05) is 0 Å². The van der Waals surface area contributed by atoms with Crippen molar-refractivity contribution in [3.63, 3.8) is 0 Å². The predicted octanol–water partition coefficient (Wildman–Crippen LogP) is 2.56. The third-order valence-corrected chi connectivity index (χ3v) is 2.62. The van der Waals surface area contributed by atoms with E-state index >= 15 is 0 Å². The zero-order chi connectivity index (χ0) is 9.68. The molecule has 1 rings (SSSR count).